The number of ether oxygens (including phenoxy) is 2. The number of methoxy groups -OCH3 is 2. The molecule has 3 heteroatoms. The SMILES string of the molecule is COc1ccc2cc3c4c(cccc4c2c1OC)C(C)N3C. The van der Waals surface area contributed by atoms with Crippen LogP contribution < -0.4 is 14.4 Å². The lowest BCUT2D eigenvalue weighted by molar-refractivity contribution is 0.359. The highest BCUT2D eigenvalue weighted by atomic mass is 16.5. The van der Waals surface area contributed by atoms with E-state index in [0.29, 0.717) is 6.04 Å². The Labute approximate surface area is 130 Å². The smallest absolute Gasteiger partial charge is 0.169 e. The summed E-state index contributed by atoms with van der Waals surface area (Å²) in [4.78, 5) is 2.34. The molecule has 0 aromatic heterocycles. The summed E-state index contributed by atoms with van der Waals surface area (Å²) in [6, 6.07) is 13.3. The Bertz CT molecular complexity index is 901. The van der Waals surface area contributed by atoms with E-state index in [1.165, 1.54) is 27.4 Å². The Morgan fingerprint density at radius 2 is 1.82 bits per heavy atom. The Morgan fingerprint density at radius 1 is 1.00 bits per heavy atom. The maximum absolute atomic E-state index is 5.67. The van der Waals surface area contributed by atoms with Crippen LogP contribution in [0.3, 0.4) is 0 Å². The molecule has 3 aromatic rings. The molecule has 0 aliphatic carbocycles. The molecule has 0 fully saturated rings. The topological polar surface area (TPSA) is 21.7 Å². The van der Waals surface area contributed by atoms with E-state index < -0.39 is 0 Å². The number of anilines is 1. The molecule has 112 valence electrons. The maximum Gasteiger partial charge on any atom is 0.169 e. The molecule has 0 amide bonds. The third-order valence-corrected chi connectivity index (χ3v) is 4.90. The van der Waals surface area contributed by atoms with Gasteiger partial charge in [-0.2, -0.15) is 0 Å². The van der Waals surface area contributed by atoms with Crippen LogP contribution in [-0.2, 0) is 0 Å². The van der Waals surface area contributed by atoms with Crippen molar-refractivity contribution < 1.29 is 9.47 Å². The minimum absolute atomic E-state index is 0.392. The molecule has 0 bridgehead atoms. The maximum atomic E-state index is 5.67. The van der Waals surface area contributed by atoms with Crippen molar-refractivity contribution in [1.29, 1.82) is 0 Å². The first-order valence-corrected chi connectivity index (χ1v) is 7.50. The predicted molar refractivity (Wildman–Crippen MR) is 91.4 cm³/mol. The second-order valence-electron chi connectivity index (χ2n) is 5.85. The van der Waals surface area contributed by atoms with Crippen molar-refractivity contribution in [3.8, 4) is 11.5 Å². The average molecular weight is 293 g/mol. The molecule has 4 rings (SSSR count). The van der Waals surface area contributed by atoms with Gasteiger partial charge in [0.1, 0.15) is 0 Å². The number of hydrogen-bond donors (Lipinski definition) is 0. The minimum atomic E-state index is 0.392. The molecule has 0 N–H and O–H groups in total. The van der Waals surface area contributed by atoms with Gasteiger partial charge in [-0.3, -0.25) is 0 Å². The lowest BCUT2D eigenvalue weighted by Crippen LogP contribution is -2.15. The van der Waals surface area contributed by atoms with Crippen molar-refractivity contribution in [1.82, 2.24) is 0 Å². The molecule has 3 nitrogen and oxygen atoms in total. The number of benzene rings is 3. The molecule has 0 saturated heterocycles. The Hall–Kier alpha value is -2.42. The van der Waals surface area contributed by atoms with Gasteiger partial charge in [-0.25, -0.2) is 0 Å². The first-order valence-electron chi connectivity index (χ1n) is 7.50. The Kier molecular flexibility index (Phi) is 2.73. The normalized spacial score (nSPS) is 16.5. The van der Waals surface area contributed by atoms with Gasteiger partial charge in [0.2, 0.25) is 0 Å². The first kappa shape index (κ1) is 13.3. The van der Waals surface area contributed by atoms with E-state index in [2.05, 4.69) is 49.2 Å². The van der Waals surface area contributed by atoms with Crippen LogP contribution in [0.2, 0.25) is 0 Å². The van der Waals surface area contributed by atoms with E-state index in [0.717, 1.165) is 16.9 Å². The van der Waals surface area contributed by atoms with Gasteiger partial charge in [-0.05, 0) is 35.4 Å². The van der Waals surface area contributed by atoms with E-state index in [1.807, 2.05) is 6.07 Å². The molecule has 1 unspecified atom stereocenters. The second kappa shape index (κ2) is 4.54. The van der Waals surface area contributed by atoms with E-state index >= 15 is 0 Å². The van der Waals surface area contributed by atoms with Crippen LogP contribution in [0, 0.1) is 0 Å². The van der Waals surface area contributed by atoms with Crippen LogP contribution in [0.4, 0.5) is 5.69 Å². The highest BCUT2D eigenvalue weighted by Gasteiger charge is 2.27. The van der Waals surface area contributed by atoms with Gasteiger partial charge in [0.15, 0.2) is 11.5 Å². The third-order valence-electron chi connectivity index (χ3n) is 4.90. The fourth-order valence-corrected chi connectivity index (χ4v) is 3.67. The van der Waals surface area contributed by atoms with Crippen LogP contribution in [0.25, 0.3) is 21.5 Å². The molecule has 3 aromatic carbocycles. The Morgan fingerprint density at radius 3 is 2.55 bits per heavy atom. The van der Waals surface area contributed by atoms with Gasteiger partial charge in [0, 0.05) is 23.5 Å². The first-order chi connectivity index (χ1) is 10.7. The van der Waals surface area contributed by atoms with E-state index in [4.69, 9.17) is 9.47 Å². The average Bonchev–Trinajstić information content (AvgIpc) is 2.80. The van der Waals surface area contributed by atoms with E-state index in [-0.39, 0.29) is 0 Å². The van der Waals surface area contributed by atoms with Crippen LogP contribution >= 0.6 is 0 Å². The van der Waals surface area contributed by atoms with Gasteiger partial charge in [0.05, 0.1) is 20.3 Å². The molecular formula is C19H19NO2. The number of hydrogen-bond acceptors (Lipinski definition) is 3. The molecule has 1 heterocycles. The highest BCUT2D eigenvalue weighted by molar-refractivity contribution is 6.18. The molecule has 1 aliphatic heterocycles. The zero-order chi connectivity index (χ0) is 15.4. The Balaban J connectivity index is 2.24. The molecule has 22 heavy (non-hydrogen) atoms. The molecular weight excluding hydrogens is 274 g/mol. The monoisotopic (exact) mass is 293 g/mol. The van der Waals surface area contributed by atoms with Crippen molar-refractivity contribution in [2.45, 2.75) is 13.0 Å². The molecule has 1 aliphatic rings. The summed E-state index contributed by atoms with van der Waals surface area (Å²) in [5.74, 6) is 1.58. The summed E-state index contributed by atoms with van der Waals surface area (Å²) >= 11 is 0. The molecule has 0 spiro atoms. The van der Waals surface area contributed by atoms with E-state index in [9.17, 15) is 0 Å². The lowest BCUT2D eigenvalue weighted by Gasteiger charge is -2.20. The van der Waals surface area contributed by atoms with Gasteiger partial charge in [0.25, 0.3) is 0 Å². The number of rotatable bonds is 2. The van der Waals surface area contributed by atoms with Crippen molar-refractivity contribution in [2.24, 2.45) is 0 Å². The summed E-state index contributed by atoms with van der Waals surface area (Å²) in [5.41, 5.74) is 2.67. The molecule has 0 radical (unpaired) electrons. The van der Waals surface area contributed by atoms with Crippen LogP contribution in [0.1, 0.15) is 18.5 Å². The highest BCUT2D eigenvalue weighted by Crippen LogP contribution is 2.49. The van der Waals surface area contributed by atoms with Crippen LogP contribution in [-0.4, -0.2) is 21.3 Å². The lowest BCUT2D eigenvalue weighted by atomic mass is 9.96. The predicted octanol–water partition coefficient (Wildman–Crippen LogP) is 4.52. The summed E-state index contributed by atoms with van der Waals surface area (Å²) in [6.07, 6.45) is 0. The van der Waals surface area contributed by atoms with Crippen LogP contribution in [0.5, 0.6) is 11.5 Å². The quantitative estimate of drug-likeness (QED) is 0.648. The third kappa shape index (κ3) is 1.51. The largest absolute Gasteiger partial charge is 0.493 e. The summed E-state index contributed by atoms with van der Waals surface area (Å²) < 4.78 is 11.1. The summed E-state index contributed by atoms with van der Waals surface area (Å²) in [7, 11) is 5.54. The fraction of sp³-hybridized carbons (Fsp3) is 0.263. The van der Waals surface area contributed by atoms with E-state index in [1.54, 1.807) is 14.2 Å². The second-order valence-corrected chi connectivity index (χ2v) is 5.85. The van der Waals surface area contributed by atoms with Crippen LogP contribution in [0.15, 0.2) is 36.4 Å². The standard InChI is InChI=1S/C19H19NO2/c1-11-13-6-5-7-14-17-12(10-15(18(13)14)20(11)2)8-9-16(21-3)19(17)22-4/h5-11H,1-4H3. The van der Waals surface area contributed by atoms with Crippen molar-refractivity contribution in [3.63, 3.8) is 0 Å². The summed E-state index contributed by atoms with van der Waals surface area (Å²) in [6.45, 7) is 2.25. The molecule has 1 atom stereocenters. The number of fused-ring (bicyclic) bond motifs is 2. The van der Waals surface area contributed by atoms with Crippen molar-refractivity contribution in [2.75, 3.05) is 26.2 Å². The van der Waals surface area contributed by atoms with Gasteiger partial charge in [-0.1, -0.05) is 24.3 Å². The molecule has 0 saturated carbocycles. The van der Waals surface area contributed by atoms with Gasteiger partial charge >= 0.3 is 0 Å². The summed E-state index contributed by atoms with van der Waals surface area (Å²) in [5, 5.41) is 4.87. The number of nitrogens with zero attached hydrogens (tertiary/aromatic N) is 1. The minimum Gasteiger partial charge on any atom is -0.493 e. The zero-order valence-corrected chi connectivity index (χ0v) is 13.3. The van der Waals surface area contributed by atoms with Gasteiger partial charge < -0.3 is 14.4 Å². The zero-order valence-electron chi connectivity index (χ0n) is 13.3. The van der Waals surface area contributed by atoms with Crippen molar-refractivity contribution >= 4 is 27.2 Å². The van der Waals surface area contributed by atoms with Crippen molar-refractivity contribution in [3.05, 3.63) is 42.0 Å². The fourth-order valence-electron chi connectivity index (χ4n) is 3.67. The van der Waals surface area contributed by atoms with Gasteiger partial charge in [-0.15, -0.1) is 0 Å².